The summed E-state index contributed by atoms with van der Waals surface area (Å²) in [5, 5.41) is 15.0. The molecule has 5 heteroatoms. The highest BCUT2D eigenvalue weighted by molar-refractivity contribution is 5.84. The molecule has 0 atom stereocenters. The molecular weight excluding hydrogens is 302 g/mol. The van der Waals surface area contributed by atoms with Crippen LogP contribution < -0.4 is 5.43 Å². The molecule has 0 aromatic heterocycles. The van der Waals surface area contributed by atoms with E-state index in [0.717, 1.165) is 30.5 Å². The van der Waals surface area contributed by atoms with Crippen LogP contribution in [0.1, 0.15) is 43.0 Å². The predicted molar refractivity (Wildman–Crippen MR) is 98.9 cm³/mol. The number of non-ortho nitro benzene ring substituents is 1. The minimum atomic E-state index is -0.413. The standard InChI is InChI=1S/C19H23N3O2/c1-4-14-11-15(5-2)19(16(6-3)12-14)13-20-21-17-7-9-18(10-8-17)22(23)24/h7-13,21H,4-6H2,1-3H3/b20-13-. The Morgan fingerprint density at radius 1 is 1.04 bits per heavy atom. The Morgan fingerprint density at radius 3 is 2.08 bits per heavy atom. The average molecular weight is 325 g/mol. The van der Waals surface area contributed by atoms with E-state index in [-0.39, 0.29) is 5.69 Å². The number of nitro groups is 1. The van der Waals surface area contributed by atoms with Gasteiger partial charge in [0.1, 0.15) is 0 Å². The van der Waals surface area contributed by atoms with Crippen LogP contribution in [0, 0.1) is 10.1 Å². The van der Waals surface area contributed by atoms with E-state index < -0.39 is 4.92 Å². The highest BCUT2D eigenvalue weighted by Gasteiger charge is 2.07. The molecule has 2 rings (SSSR count). The van der Waals surface area contributed by atoms with Gasteiger partial charge in [0, 0.05) is 17.7 Å². The molecule has 0 unspecified atom stereocenters. The topological polar surface area (TPSA) is 67.5 Å². The molecule has 126 valence electrons. The molecule has 1 N–H and O–H groups in total. The number of nitro benzene ring substituents is 1. The Kier molecular flexibility index (Phi) is 6.07. The summed E-state index contributed by atoms with van der Waals surface area (Å²) < 4.78 is 0. The summed E-state index contributed by atoms with van der Waals surface area (Å²) in [6, 6.07) is 10.7. The first-order valence-electron chi connectivity index (χ1n) is 8.27. The van der Waals surface area contributed by atoms with Crippen molar-refractivity contribution in [1.29, 1.82) is 0 Å². The quantitative estimate of drug-likeness (QED) is 0.454. The Balaban J connectivity index is 2.20. The number of nitrogens with one attached hydrogen (secondary N) is 1. The predicted octanol–water partition coefficient (Wildman–Crippen LogP) is 4.73. The lowest BCUT2D eigenvalue weighted by molar-refractivity contribution is -0.384. The number of hydrazone groups is 1. The van der Waals surface area contributed by atoms with Gasteiger partial charge in [-0.2, -0.15) is 5.10 Å². The van der Waals surface area contributed by atoms with Gasteiger partial charge in [0.05, 0.1) is 16.8 Å². The number of hydrogen-bond donors (Lipinski definition) is 1. The van der Waals surface area contributed by atoms with Gasteiger partial charge in [-0.1, -0.05) is 32.9 Å². The van der Waals surface area contributed by atoms with Crippen LogP contribution in [0.15, 0.2) is 41.5 Å². The number of rotatable bonds is 7. The number of aryl methyl sites for hydroxylation is 3. The molecule has 0 aliphatic carbocycles. The largest absolute Gasteiger partial charge is 0.278 e. The van der Waals surface area contributed by atoms with Crippen LogP contribution in [-0.2, 0) is 19.3 Å². The fourth-order valence-electron chi connectivity index (χ4n) is 2.63. The Bertz CT molecular complexity index is 712. The maximum atomic E-state index is 10.7. The van der Waals surface area contributed by atoms with E-state index in [4.69, 9.17) is 0 Å². The van der Waals surface area contributed by atoms with Crippen molar-refractivity contribution in [2.75, 3.05) is 5.43 Å². The molecule has 24 heavy (non-hydrogen) atoms. The van der Waals surface area contributed by atoms with E-state index in [2.05, 4.69) is 43.4 Å². The van der Waals surface area contributed by atoms with Crippen LogP contribution in [0.2, 0.25) is 0 Å². The molecule has 0 bridgehead atoms. The van der Waals surface area contributed by atoms with E-state index >= 15 is 0 Å². The zero-order valence-electron chi connectivity index (χ0n) is 14.4. The molecule has 0 heterocycles. The van der Waals surface area contributed by atoms with Gasteiger partial charge in [0.15, 0.2) is 0 Å². The minimum absolute atomic E-state index is 0.0706. The zero-order valence-corrected chi connectivity index (χ0v) is 14.4. The smallest absolute Gasteiger partial charge is 0.269 e. The fraction of sp³-hybridized carbons (Fsp3) is 0.316. The van der Waals surface area contributed by atoms with Gasteiger partial charge in [-0.05, 0) is 48.1 Å². The number of anilines is 1. The van der Waals surface area contributed by atoms with Crippen molar-refractivity contribution in [2.24, 2.45) is 5.10 Å². The minimum Gasteiger partial charge on any atom is -0.278 e. The summed E-state index contributed by atoms with van der Waals surface area (Å²) in [5.74, 6) is 0. The fourth-order valence-corrected chi connectivity index (χ4v) is 2.63. The summed E-state index contributed by atoms with van der Waals surface area (Å²) in [6.07, 6.45) is 4.79. The number of hydrogen-bond acceptors (Lipinski definition) is 4. The maximum absolute atomic E-state index is 10.7. The second-order valence-corrected chi connectivity index (χ2v) is 5.56. The van der Waals surface area contributed by atoms with E-state index in [1.165, 1.54) is 28.8 Å². The molecule has 0 spiro atoms. The first-order chi connectivity index (χ1) is 11.6. The molecule has 0 saturated heterocycles. The second-order valence-electron chi connectivity index (χ2n) is 5.56. The van der Waals surface area contributed by atoms with Crippen molar-refractivity contribution in [1.82, 2.24) is 0 Å². The molecule has 0 radical (unpaired) electrons. The average Bonchev–Trinajstić information content (AvgIpc) is 2.61. The van der Waals surface area contributed by atoms with Crippen molar-refractivity contribution >= 4 is 17.6 Å². The van der Waals surface area contributed by atoms with Crippen LogP contribution in [0.5, 0.6) is 0 Å². The lowest BCUT2D eigenvalue weighted by Gasteiger charge is -2.12. The van der Waals surface area contributed by atoms with E-state index in [1.54, 1.807) is 12.1 Å². The van der Waals surface area contributed by atoms with Crippen LogP contribution in [-0.4, -0.2) is 11.1 Å². The monoisotopic (exact) mass is 325 g/mol. The van der Waals surface area contributed by atoms with E-state index in [0.29, 0.717) is 0 Å². The van der Waals surface area contributed by atoms with Gasteiger partial charge in [-0.25, -0.2) is 0 Å². The molecule has 2 aromatic carbocycles. The van der Waals surface area contributed by atoms with Gasteiger partial charge >= 0.3 is 0 Å². The summed E-state index contributed by atoms with van der Waals surface area (Å²) in [5.41, 5.74) is 8.82. The summed E-state index contributed by atoms with van der Waals surface area (Å²) >= 11 is 0. The Hall–Kier alpha value is -2.69. The van der Waals surface area contributed by atoms with Gasteiger partial charge in [-0.15, -0.1) is 0 Å². The molecule has 0 fully saturated rings. The molecule has 0 saturated carbocycles. The van der Waals surface area contributed by atoms with Crippen molar-refractivity contribution < 1.29 is 4.92 Å². The summed E-state index contributed by atoms with van der Waals surface area (Å²) in [6.45, 7) is 6.46. The van der Waals surface area contributed by atoms with Crippen molar-refractivity contribution in [2.45, 2.75) is 40.0 Å². The van der Waals surface area contributed by atoms with Gasteiger partial charge < -0.3 is 0 Å². The van der Waals surface area contributed by atoms with Crippen LogP contribution in [0.4, 0.5) is 11.4 Å². The highest BCUT2D eigenvalue weighted by Crippen LogP contribution is 2.19. The van der Waals surface area contributed by atoms with Gasteiger partial charge in [0.25, 0.3) is 5.69 Å². The molecule has 0 aliphatic heterocycles. The third-order valence-corrected chi connectivity index (χ3v) is 4.05. The molecular formula is C19H23N3O2. The van der Waals surface area contributed by atoms with E-state index in [9.17, 15) is 10.1 Å². The third kappa shape index (κ3) is 4.19. The first kappa shape index (κ1) is 17.7. The SMILES string of the molecule is CCc1cc(CC)c(/C=N\Nc2ccc([N+](=O)[O-])cc2)c(CC)c1. The number of nitrogens with zero attached hydrogens (tertiary/aromatic N) is 2. The van der Waals surface area contributed by atoms with Crippen LogP contribution in [0.25, 0.3) is 0 Å². The van der Waals surface area contributed by atoms with Crippen molar-refractivity contribution in [3.05, 3.63) is 68.8 Å². The van der Waals surface area contributed by atoms with Crippen molar-refractivity contribution in [3.8, 4) is 0 Å². The lowest BCUT2D eigenvalue weighted by atomic mass is 9.94. The molecule has 5 nitrogen and oxygen atoms in total. The van der Waals surface area contributed by atoms with Gasteiger partial charge in [0.2, 0.25) is 0 Å². The molecule has 2 aromatic rings. The third-order valence-electron chi connectivity index (χ3n) is 4.05. The molecule has 0 aliphatic rings. The Labute approximate surface area is 142 Å². The normalized spacial score (nSPS) is 11.0. The maximum Gasteiger partial charge on any atom is 0.269 e. The zero-order chi connectivity index (χ0) is 17.5. The summed E-state index contributed by atoms with van der Waals surface area (Å²) in [7, 11) is 0. The second kappa shape index (κ2) is 8.24. The first-order valence-corrected chi connectivity index (χ1v) is 8.27. The Morgan fingerprint density at radius 2 is 1.62 bits per heavy atom. The van der Waals surface area contributed by atoms with Crippen LogP contribution >= 0.6 is 0 Å². The van der Waals surface area contributed by atoms with Gasteiger partial charge in [-0.3, -0.25) is 15.5 Å². The highest BCUT2D eigenvalue weighted by atomic mass is 16.6. The van der Waals surface area contributed by atoms with E-state index in [1.807, 2.05) is 6.21 Å². The lowest BCUT2D eigenvalue weighted by Crippen LogP contribution is -2.02. The summed E-state index contributed by atoms with van der Waals surface area (Å²) in [4.78, 5) is 10.2. The molecule has 0 amide bonds. The van der Waals surface area contributed by atoms with Crippen LogP contribution in [0.3, 0.4) is 0 Å². The van der Waals surface area contributed by atoms with Crippen molar-refractivity contribution in [3.63, 3.8) is 0 Å². The number of benzene rings is 2.